The van der Waals surface area contributed by atoms with Crippen LogP contribution in [-0.4, -0.2) is 65.9 Å². The predicted molar refractivity (Wildman–Crippen MR) is 112 cm³/mol. The lowest BCUT2D eigenvalue weighted by Crippen LogP contribution is -2.38. The van der Waals surface area contributed by atoms with Crippen molar-refractivity contribution < 1.29 is 19.1 Å². The van der Waals surface area contributed by atoms with Crippen LogP contribution in [0.15, 0.2) is 30.3 Å². The van der Waals surface area contributed by atoms with Crippen molar-refractivity contribution >= 4 is 30.1 Å². The Hall–Kier alpha value is -1.96. The van der Waals surface area contributed by atoms with Gasteiger partial charge in [0.25, 0.3) is 0 Å². The maximum Gasteiger partial charge on any atom is 0.235 e. The molecule has 1 aromatic carbocycles. The molecule has 162 valence electrons. The standard InChI is InChI=1S/C22H27N3O4.ClH/c23-10-14-11-24(12-15(14)13-4-2-1-3-5-13)18(26)8-9-25-21(27)19-16-6-7-17(29-16)20(19)22(25)28;/h1-5,14-17,19-20H,6-12,23H2;1H/t14-,15+,16?,17?,19?,20?;/m1./s1. The van der Waals surface area contributed by atoms with Crippen LogP contribution in [0.2, 0.25) is 0 Å². The molecule has 7 nitrogen and oxygen atoms in total. The van der Waals surface area contributed by atoms with Crippen LogP contribution >= 0.6 is 12.4 Å². The molecule has 30 heavy (non-hydrogen) atoms. The van der Waals surface area contributed by atoms with Crippen molar-refractivity contribution in [3.8, 4) is 0 Å². The number of hydrogen-bond donors (Lipinski definition) is 1. The van der Waals surface area contributed by atoms with E-state index in [0.29, 0.717) is 19.6 Å². The van der Waals surface area contributed by atoms with E-state index in [-0.39, 0.29) is 79.0 Å². The Labute approximate surface area is 182 Å². The number of carbonyl (C=O) groups is 3. The summed E-state index contributed by atoms with van der Waals surface area (Å²) in [7, 11) is 0. The number of hydrogen-bond acceptors (Lipinski definition) is 5. The van der Waals surface area contributed by atoms with Gasteiger partial charge in [0.05, 0.1) is 24.0 Å². The fourth-order valence-electron chi connectivity index (χ4n) is 5.75. The summed E-state index contributed by atoms with van der Waals surface area (Å²) >= 11 is 0. The second kappa shape index (κ2) is 8.29. The monoisotopic (exact) mass is 433 g/mol. The summed E-state index contributed by atoms with van der Waals surface area (Å²) in [6.07, 6.45) is 1.65. The van der Waals surface area contributed by atoms with Crippen molar-refractivity contribution in [2.45, 2.75) is 37.4 Å². The average molecular weight is 434 g/mol. The lowest BCUT2D eigenvalue weighted by molar-refractivity contribution is -0.143. The van der Waals surface area contributed by atoms with Crippen LogP contribution in [-0.2, 0) is 19.1 Å². The van der Waals surface area contributed by atoms with E-state index in [1.165, 1.54) is 10.5 Å². The van der Waals surface area contributed by atoms with E-state index >= 15 is 0 Å². The molecule has 4 saturated heterocycles. The number of amides is 3. The average Bonchev–Trinajstić information content (AvgIpc) is 3.50. The number of halogens is 1. The highest BCUT2D eigenvalue weighted by molar-refractivity contribution is 6.06. The quantitative estimate of drug-likeness (QED) is 0.703. The Balaban J connectivity index is 0.00000218. The maximum absolute atomic E-state index is 12.9. The third-order valence-corrected chi connectivity index (χ3v) is 7.25. The Morgan fingerprint density at radius 3 is 2.27 bits per heavy atom. The van der Waals surface area contributed by atoms with Crippen LogP contribution in [0.4, 0.5) is 0 Å². The molecule has 0 spiro atoms. The zero-order valence-electron chi connectivity index (χ0n) is 16.8. The normalized spacial score (nSPS) is 34.4. The van der Waals surface area contributed by atoms with Gasteiger partial charge in [0.15, 0.2) is 0 Å². The molecule has 4 fully saturated rings. The number of benzene rings is 1. The SMILES string of the molecule is Cl.NC[C@@H]1CN(C(=O)CCN2C(=O)C3C4CCC(O4)C3C2=O)C[C@H]1c1ccccc1. The molecular formula is C22H28ClN3O4. The van der Waals surface area contributed by atoms with Crippen molar-refractivity contribution in [1.29, 1.82) is 0 Å². The summed E-state index contributed by atoms with van der Waals surface area (Å²) in [5, 5.41) is 0. The van der Waals surface area contributed by atoms with Gasteiger partial charge in [-0.05, 0) is 30.9 Å². The second-order valence-electron chi connectivity index (χ2n) is 8.73. The maximum atomic E-state index is 12.9. The molecule has 8 heteroatoms. The molecule has 3 amide bonds. The zero-order valence-corrected chi connectivity index (χ0v) is 17.6. The molecule has 0 aliphatic carbocycles. The Morgan fingerprint density at radius 1 is 1.03 bits per heavy atom. The third kappa shape index (κ3) is 3.33. The summed E-state index contributed by atoms with van der Waals surface area (Å²) in [6, 6.07) is 10.2. The predicted octanol–water partition coefficient (Wildman–Crippen LogP) is 1.16. The van der Waals surface area contributed by atoms with Crippen LogP contribution < -0.4 is 5.73 Å². The van der Waals surface area contributed by atoms with Gasteiger partial charge in [-0.25, -0.2) is 0 Å². The molecule has 1 aromatic rings. The smallest absolute Gasteiger partial charge is 0.235 e. The zero-order chi connectivity index (χ0) is 20.1. The van der Waals surface area contributed by atoms with Crippen molar-refractivity contribution in [1.82, 2.24) is 9.80 Å². The Bertz CT molecular complexity index is 807. The van der Waals surface area contributed by atoms with Crippen LogP contribution in [0, 0.1) is 17.8 Å². The molecule has 0 radical (unpaired) electrons. The molecule has 5 rings (SSSR count). The number of likely N-dealkylation sites (tertiary alicyclic amines) is 2. The topological polar surface area (TPSA) is 92.9 Å². The second-order valence-corrected chi connectivity index (χ2v) is 8.73. The van der Waals surface area contributed by atoms with E-state index in [0.717, 1.165) is 12.8 Å². The summed E-state index contributed by atoms with van der Waals surface area (Å²) in [4.78, 5) is 41.5. The number of imide groups is 1. The molecular weight excluding hydrogens is 406 g/mol. The van der Waals surface area contributed by atoms with E-state index in [9.17, 15) is 14.4 Å². The minimum Gasteiger partial charge on any atom is -0.373 e. The molecule has 0 aromatic heterocycles. The minimum atomic E-state index is -0.327. The van der Waals surface area contributed by atoms with Gasteiger partial charge in [-0.1, -0.05) is 30.3 Å². The lowest BCUT2D eigenvalue weighted by Gasteiger charge is -2.20. The van der Waals surface area contributed by atoms with Crippen molar-refractivity contribution in [3.63, 3.8) is 0 Å². The summed E-state index contributed by atoms with van der Waals surface area (Å²) in [5.74, 6) is -0.513. The first-order valence-corrected chi connectivity index (χ1v) is 10.6. The number of rotatable bonds is 5. The first-order valence-electron chi connectivity index (χ1n) is 10.6. The minimum absolute atomic E-state index is 0. The van der Waals surface area contributed by atoms with E-state index < -0.39 is 0 Å². The summed E-state index contributed by atoms with van der Waals surface area (Å²) < 4.78 is 5.76. The van der Waals surface area contributed by atoms with Gasteiger partial charge in [0.1, 0.15) is 0 Å². The van der Waals surface area contributed by atoms with E-state index in [1.807, 2.05) is 23.1 Å². The number of nitrogens with two attached hydrogens (primary N) is 1. The molecule has 6 atom stereocenters. The fraction of sp³-hybridized carbons (Fsp3) is 0.591. The molecule has 4 aliphatic heterocycles. The fourth-order valence-corrected chi connectivity index (χ4v) is 5.75. The highest BCUT2D eigenvalue weighted by Gasteiger charge is 2.62. The molecule has 2 N–H and O–H groups in total. The van der Waals surface area contributed by atoms with Crippen LogP contribution in [0.1, 0.15) is 30.7 Å². The first kappa shape index (κ1) is 21.3. The third-order valence-electron chi connectivity index (χ3n) is 7.25. The van der Waals surface area contributed by atoms with Crippen molar-refractivity contribution in [3.05, 3.63) is 35.9 Å². The van der Waals surface area contributed by atoms with Gasteiger partial charge in [0, 0.05) is 32.0 Å². The molecule has 0 saturated carbocycles. The number of fused-ring (bicyclic) bond motifs is 5. The Morgan fingerprint density at radius 2 is 1.67 bits per heavy atom. The molecule has 4 aliphatic rings. The summed E-state index contributed by atoms with van der Waals surface area (Å²) in [6.45, 7) is 1.96. The van der Waals surface area contributed by atoms with Crippen LogP contribution in [0.25, 0.3) is 0 Å². The number of ether oxygens (including phenoxy) is 1. The van der Waals surface area contributed by atoms with Gasteiger partial charge in [0.2, 0.25) is 17.7 Å². The van der Waals surface area contributed by atoms with E-state index in [4.69, 9.17) is 10.5 Å². The first-order chi connectivity index (χ1) is 14.1. The number of nitrogens with zero attached hydrogens (tertiary/aromatic N) is 2. The van der Waals surface area contributed by atoms with Gasteiger partial charge < -0.3 is 15.4 Å². The van der Waals surface area contributed by atoms with Gasteiger partial charge in [-0.3, -0.25) is 19.3 Å². The van der Waals surface area contributed by atoms with Crippen molar-refractivity contribution in [2.75, 3.05) is 26.2 Å². The van der Waals surface area contributed by atoms with Gasteiger partial charge in [-0.2, -0.15) is 0 Å². The van der Waals surface area contributed by atoms with E-state index in [2.05, 4.69) is 12.1 Å². The molecule has 4 unspecified atom stereocenters. The highest BCUT2D eigenvalue weighted by Crippen LogP contribution is 2.48. The number of carbonyl (C=O) groups excluding carboxylic acids is 3. The highest BCUT2D eigenvalue weighted by atomic mass is 35.5. The van der Waals surface area contributed by atoms with Crippen LogP contribution in [0.5, 0.6) is 0 Å². The molecule has 4 heterocycles. The molecule has 2 bridgehead atoms. The Kier molecular flexibility index (Phi) is 5.88. The lowest BCUT2D eigenvalue weighted by atomic mass is 9.81. The van der Waals surface area contributed by atoms with Gasteiger partial charge in [-0.15, -0.1) is 12.4 Å². The largest absolute Gasteiger partial charge is 0.373 e. The van der Waals surface area contributed by atoms with Gasteiger partial charge >= 0.3 is 0 Å². The summed E-state index contributed by atoms with van der Waals surface area (Å²) in [5.41, 5.74) is 7.17. The van der Waals surface area contributed by atoms with Crippen LogP contribution in [0.3, 0.4) is 0 Å². The van der Waals surface area contributed by atoms with E-state index in [1.54, 1.807) is 0 Å². The van der Waals surface area contributed by atoms with Crippen molar-refractivity contribution in [2.24, 2.45) is 23.5 Å².